The van der Waals surface area contributed by atoms with Gasteiger partial charge in [-0.05, 0) is 30.3 Å². The van der Waals surface area contributed by atoms with Crippen molar-refractivity contribution >= 4 is 48.3 Å². The number of ether oxygens (including phenoxy) is 1. The summed E-state index contributed by atoms with van der Waals surface area (Å²) in [4.78, 5) is 10.8. The van der Waals surface area contributed by atoms with Gasteiger partial charge in [0, 0.05) is 4.47 Å². The summed E-state index contributed by atoms with van der Waals surface area (Å²) >= 11 is 4.04. The van der Waals surface area contributed by atoms with Crippen LogP contribution < -0.4 is 9.46 Å². The maximum absolute atomic E-state index is 12.4. The van der Waals surface area contributed by atoms with Gasteiger partial charge in [-0.2, -0.15) is 0 Å². The number of nitrogens with one attached hydrogen (secondary N) is 1. The number of hydrogen-bond acceptors (Lipinski definition) is 5. The zero-order valence-corrected chi connectivity index (χ0v) is 13.9. The molecule has 0 atom stereocenters. The number of anilines is 1. The van der Waals surface area contributed by atoms with Crippen LogP contribution in [0.3, 0.4) is 0 Å². The van der Waals surface area contributed by atoms with Gasteiger partial charge in [-0.3, -0.25) is 4.72 Å². The Labute approximate surface area is 133 Å². The number of aromatic carboxylic acids is 1. The van der Waals surface area contributed by atoms with E-state index in [4.69, 9.17) is 9.84 Å². The summed E-state index contributed by atoms with van der Waals surface area (Å²) in [5.74, 6) is -0.911. The van der Waals surface area contributed by atoms with Crippen molar-refractivity contribution < 1.29 is 23.1 Å². The molecule has 112 valence electrons. The van der Waals surface area contributed by atoms with Crippen LogP contribution in [0.25, 0.3) is 0 Å². The Balaban J connectivity index is 2.38. The summed E-state index contributed by atoms with van der Waals surface area (Å²) < 4.78 is 32.7. The molecule has 0 spiro atoms. The third-order valence-electron chi connectivity index (χ3n) is 2.47. The van der Waals surface area contributed by atoms with E-state index in [9.17, 15) is 13.2 Å². The largest absolute Gasteiger partial charge is 0.495 e. The van der Waals surface area contributed by atoms with Crippen LogP contribution in [0.2, 0.25) is 0 Å². The van der Waals surface area contributed by atoms with Gasteiger partial charge in [0.1, 0.15) is 20.5 Å². The number of halogens is 1. The molecule has 6 nitrogen and oxygen atoms in total. The highest BCUT2D eigenvalue weighted by atomic mass is 79.9. The van der Waals surface area contributed by atoms with Crippen molar-refractivity contribution in [1.82, 2.24) is 0 Å². The summed E-state index contributed by atoms with van der Waals surface area (Å²) in [6.07, 6.45) is 0. The van der Waals surface area contributed by atoms with Crippen molar-refractivity contribution in [2.45, 2.75) is 4.90 Å². The monoisotopic (exact) mass is 391 g/mol. The Morgan fingerprint density at radius 3 is 2.62 bits per heavy atom. The molecular weight excluding hydrogens is 382 g/mol. The minimum absolute atomic E-state index is 0.0374. The van der Waals surface area contributed by atoms with Crippen LogP contribution in [-0.4, -0.2) is 26.6 Å². The highest BCUT2D eigenvalue weighted by Gasteiger charge is 2.21. The molecule has 0 bridgehead atoms. The van der Waals surface area contributed by atoms with E-state index in [1.807, 2.05) is 0 Å². The average molecular weight is 392 g/mol. The molecule has 2 N–H and O–H groups in total. The van der Waals surface area contributed by atoms with E-state index in [0.29, 0.717) is 4.47 Å². The van der Waals surface area contributed by atoms with Crippen molar-refractivity contribution in [3.63, 3.8) is 0 Å². The first-order chi connectivity index (χ1) is 9.83. The number of thiophene rings is 1. The Morgan fingerprint density at radius 2 is 2.05 bits per heavy atom. The highest BCUT2D eigenvalue weighted by molar-refractivity contribution is 9.10. The maximum Gasteiger partial charge on any atom is 0.345 e. The molecule has 0 fully saturated rings. The number of sulfonamides is 1. The van der Waals surface area contributed by atoms with Crippen LogP contribution in [0.1, 0.15) is 9.67 Å². The first-order valence-electron chi connectivity index (χ1n) is 5.53. The third kappa shape index (κ3) is 3.55. The number of benzene rings is 1. The van der Waals surface area contributed by atoms with Crippen LogP contribution in [-0.2, 0) is 10.0 Å². The van der Waals surface area contributed by atoms with E-state index >= 15 is 0 Å². The number of methoxy groups -OCH3 is 1. The predicted molar refractivity (Wildman–Crippen MR) is 82.8 cm³/mol. The van der Waals surface area contributed by atoms with Crippen LogP contribution in [0.4, 0.5) is 5.00 Å². The van der Waals surface area contributed by atoms with E-state index < -0.39 is 16.0 Å². The zero-order chi connectivity index (χ0) is 15.6. The SMILES string of the molecule is COc1ccc(Br)cc1S(=O)(=O)Nc1ccc(C(=O)O)s1. The minimum Gasteiger partial charge on any atom is -0.495 e. The molecule has 0 unspecified atom stereocenters. The summed E-state index contributed by atoms with van der Waals surface area (Å²) in [6, 6.07) is 7.33. The van der Waals surface area contributed by atoms with Gasteiger partial charge in [0.15, 0.2) is 0 Å². The maximum atomic E-state index is 12.4. The molecule has 0 saturated heterocycles. The van der Waals surface area contributed by atoms with Gasteiger partial charge in [0.05, 0.1) is 7.11 Å². The summed E-state index contributed by atoms with van der Waals surface area (Å²) in [7, 11) is -2.51. The van der Waals surface area contributed by atoms with Crippen LogP contribution in [0.5, 0.6) is 5.75 Å². The molecule has 21 heavy (non-hydrogen) atoms. The molecule has 0 saturated carbocycles. The second-order valence-corrected chi connectivity index (χ2v) is 7.52. The smallest absolute Gasteiger partial charge is 0.345 e. The zero-order valence-electron chi connectivity index (χ0n) is 10.7. The van der Waals surface area contributed by atoms with E-state index in [2.05, 4.69) is 20.7 Å². The molecule has 0 aliphatic heterocycles. The highest BCUT2D eigenvalue weighted by Crippen LogP contribution is 2.30. The number of carboxylic acid groups (broad SMARTS) is 1. The van der Waals surface area contributed by atoms with E-state index in [1.54, 1.807) is 6.07 Å². The fourth-order valence-electron chi connectivity index (χ4n) is 1.56. The van der Waals surface area contributed by atoms with E-state index in [1.165, 1.54) is 31.4 Å². The molecule has 0 radical (unpaired) electrons. The number of carboxylic acids is 1. The molecule has 9 heteroatoms. The van der Waals surface area contributed by atoms with Gasteiger partial charge in [-0.25, -0.2) is 13.2 Å². The molecular formula is C12H10BrNO5S2. The summed E-state index contributed by atoms with van der Waals surface area (Å²) in [5, 5.41) is 9.06. The fourth-order valence-corrected chi connectivity index (χ4v) is 4.30. The second-order valence-electron chi connectivity index (χ2n) is 3.87. The molecule has 0 aliphatic carbocycles. The Kier molecular flexibility index (Phi) is 4.55. The van der Waals surface area contributed by atoms with Gasteiger partial charge in [0.25, 0.3) is 10.0 Å². The first-order valence-corrected chi connectivity index (χ1v) is 8.62. The van der Waals surface area contributed by atoms with Crippen molar-refractivity contribution in [3.8, 4) is 5.75 Å². The topological polar surface area (TPSA) is 92.7 Å². The Morgan fingerprint density at radius 1 is 1.33 bits per heavy atom. The summed E-state index contributed by atoms with van der Waals surface area (Å²) in [6.45, 7) is 0. The van der Waals surface area contributed by atoms with Crippen molar-refractivity contribution in [2.75, 3.05) is 11.8 Å². The molecule has 2 rings (SSSR count). The Hall–Kier alpha value is -1.58. The van der Waals surface area contributed by atoms with E-state index in [0.717, 1.165) is 11.3 Å². The first kappa shape index (κ1) is 15.8. The summed E-state index contributed by atoms with van der Waals surface area (Å²) in [5.41, 5.74) is 0. The molecule has 1 aromatic heterocycles. The Bertz CT molecular complexity index is 785. The standard InChI is InChI=1S/C12H10BrNO5S2/c1-19-8-3-2-7(13)6-10(8)21(17,18)14-11-5-4-9(20-11)12(15)16/h2-6,14H,1H3,(H,15,16). The van der Waals surface area contributed by atoms with Crippen LogP contribution >= 0.6 is 27.3 Å². The number of hydrogen-bond donors (Lipinski definition) is 2. The van der Waals surface area contributed by atoms with E-state index in [-0.39, 0.29) is 20.5 Å². The molecule has 0 aliphatic rings. The molecule has 1 heterocycles. The van der Waals surface area contributed by atoms with Crippen molar-refractivity contribution in [3.05, 3.63) is 39.7 Å². The van der Waals surface area contributed by atoms with Gasteiger partial charge in [-0.15, -0.1) is 11.3 Å². The lowest BCUT2D eigenvalue weighted by atomic mass is 10.3. The minimum atomic E-state index is -3.88. The van der Waals surface area contributed by atoms with Gasteiger partial charge >= 0.3 is 5.97 Å². The number of carbonyl (C=O) groups is 1. The van der Waals surface area contributed by atoms with Gasteiger partial charge in [-0.1, -0.05) is 15.9 Å². The quantitative estimate of drug-likeness (QED) is 0.816. The second kappa shape index (κ2) is 6.04. The molecule has 2 aromatic rings. The number of rotatable bonds is 5. The van der Waals surface area contributed by atoms with Gasteiger partial charge in [0.2, 0.25) is 0 Å². The lowest BCUT2D eigenvalue weighted by Gasteiger charge is -2.10. The molecule has 1 aromatic carbocycles. The van der Waals surface area contributed by atoms with Crippen LogP contribution in [0.15, 0.2) is 39.7 Å². The normalized spacial score (nSPS) is 11.1. The van der Waals surface area contributed by atoms with Crippen LogP contribution in [0, 0.1) is 0 Å². The van der Waals surface area contributed by atoms with Crippen molar-refractivity contribution in [2.24, 2.45) is 0 Å². The lowest BCUT2D eigenvalue weighted by Crippen LogP contribution is -2.13. The average Bonchev–Trinajstić information content (AvgIpc) is 2.86. The molecule has 0 amide bonds. The van der Waals surface area contributed by atoms with Crippen molar-refractivity contribution in [1.29, 1.82) is 0 Å². The van der Waals surface area contributed by atoms with Gasteiger partial charge < -0.3 is 9.84 Å². The lowest BCUT2D eigenvalue weighted by molar-refractivity contribution is 0.0702. The predicted octanol–water partition coefficient (Wildman–Crippen LogP) is 3.02. The fraction of sp³-hybridized carbons (Fsp3) is 0.0833. The third-order valence-corrected chi connectivity index (χ3v) is 5.46.